The van der Waals surface area contributed by atoms with Gasteiger partial charge in [-0.05, 0) is 29.9 Å². The number of amides is 2. The molecule has 5 heteroatoms. The number of aliphatic hydroxyl groups excluding tert-OH is 1. The molecule has 28 heavy (non-hydrogen) atoms. The molecule has 0 aromatic heterocycles. The Morgan fingerprint density at radius 3 is 2.25 bits per heavy atom. The molecule has 1 saturated heterocycles. The van der Waals surface area contributed by atoms with Crippen LogP contribution in [-0.4, -0.2) is 41.5 Å². The number of carbonyl (C=O) groups is 2. The molecule has 2 aromatic rings. The van der Waals surface area contributed by atoms with Crippen LogP contribution in [0.15, 0.2) is 60.7 Å². The van der Waals surface area contributed by atoms with Gasteiger partial charge in [0.05, 0.1) is 12.5 Å². The Kier molecular flexibility index (Phi) is 7.20. The molecule has 148 valence electrons. The highest BCUT2D eigenvalue weighted by Crippen LogP contribution is 2.30. The molecule has 1 unspecified atom stereocenters. The van der Waals surface area contributed by atoms with Crippen molar-refractivity contribution in [3.8, 4) is 0 Å². The molecule has 0 saturated carbocycles. The van der Waals surface area contributed by atoms with Crippen LogP contribution in [0.3, 0.4) is 0 Å². The molecule has 2 aromatic carbocycles. The zero-order valence-electron chi connectivity index (χ0n) is 16.1. The van der Waals surface area contributed by atoms with Gasteiger partial charge in [0.15, 0.2) is 0 Å². The van der Waals surface area contributed by atoms with Crippen LogP contribution >= 0.6 is 0 Å². The fourth-order valence-electron chi connectivity index (χ4n) is 3.70. The van der Waals surface area contributed by atoms with E-state index >= 15 is 0 Å². The standard InChI is InChI=1S/C23H28N2O3/c26-21(17-18-7-3-1-4-8-18)24-14-11-22(27)25-15-12-20(13-16-25)23(28)19-9-5-2-6-10-19/h1-10,20,23,28H,11-17H2,(H,24,26). The second-order valence-corrected chi connectivity index (χ2v) is 7.34. The number of aliphatic hydroxyl groups is 1. The number of nitrogens with one attached hydrogen (secondary N) is 1. The number of piperidine rings is 1. The molecule has 2 amide bonds. The Balaban J connectivity index is 1.36. The van der Waals surface area contributed by atoms with Gasteiger partial charge < -0.3 is 15.3 Å². The van der Waals surface area contributed by atoms with Gasteiger partial charge in [0.1, 0.15) is 0 Å². The topological polar surface area (TPSA) is 69.6 Å². The van der Waals surface area contributed by atoms with Crippen molar-refractivity contribution in [1.82, 2.24) is 10.2 Å². The van der Waals surface area contributed by atoms with Crippen LogP contribution in [0.5, 0.6) is 0 Å². The van der Waals surface area contributed by atoms with Crippen LogP contribution < -0.4 is 5.32 Å². The van der Waals surface area contributed by atoms with Crippen molar-refractivity contribution in [1.29, 1.82) is 0 Å². The molecule has 1 aliphatic rings. The lowest BCUT2D eigenvalue weighted by atomic mass is 9.87. The Hall–Kier alpha value is -2.66. The molecule has 1 heterocycles. The number of hydrogen-bond donors (Lipinski definition) is 2. The Bertz CT molecular complexity index is 756. The van der Waals surface area contributed by atoms with Gasteiger partial charge in [0.25, 0.3) is 0 Å². The number of carbonyl (C=O) groups excluding carboxylic acids is 2. The van der Waals surface area contributed by atoms with Gasteiger partial charge in [-0.2, -0.15) is 0 Å². The molecule has 0 aliphatic carbocycles. The van der Waals surface area contributed by atoms with Crippen LogP contribution in [0, 0.1) is 5.92 Å². The first-order valence-electron chi connectivity index (χ1n) is 9.95. The van der Waals surface area contributed by atoms with E-state index in [1.165, 1.54) is 0 Å². The zero-order chi connectivity index (χ0) is 19.8. The Morgan fingerprint density at radius 2 is 1.61 bits per heavy atom. The number of nitrogens with zero attached hydrogens (tertiary/aromatic N) is 1. The molecule has 5 nitrogen and oxygen atoms in total. The highest BCUT2D eigenvalue weighted by atomic mass is 16.3. The summed E-state index contributed by atoms with van der Waals surface area (Å²) in [5, 5.41) is 13.4. The summed E-state index contributed by atoms with van der Waals surface area (Å²) in [4.78, 5) is 26.2. The minimum atomic E-state index is -0.476. The van der Waals surface area contributed by atoms with Crippen molar-refractivity contribution in [2.45, 2.75) is 31.8 Å². The zero-order valence-corrected chi connectivity index (χ0v) is 16.1. The molecule has 3 rings (SSSR count). The van der Waals surface area contributed by atoms with Gasteiger partial charge in [-0.25, -0.2) is 0 Å². The molecule has 2 N–H and O–H groups in total. The number of likely N-dealkylation sites (tertiary alicyclic amines) is 1. The number of rotatable bonds is 7. The maximum atomic E-state index is 12.4. The maximum Gasteiger partial charge on any atom is 0.224 e. The Labute approximate surface area is 166 Å². The van der Waals surface area contributed by atoms with Crippen LogP contribution in [0.1, 0.15) is 36.5 Å². The van der Waals surface area contributed by atoms with E-state index in [2.05, 4.69) is 5.32 Å². The van der Waals surface area contributed by atoms with E-state index < -0.39 is 6.10 Å². The quantitative estimate of drug-likeness (QED) is 0.776. The molecule has 0 spiro atoms. The van der Waals surface area contributed by atoms with Gasteiger partial charge in [-0.1, -0.05) is 60.7 Å². The van der Waals surface area contributed by atoms with Gasteiger partial charge in [0, 0.05) is 26.1 Å². The largest absolute Gasteiger partial charge is 0.388 e. The maximum absolute atomic E-state index is 12.4. The summed E-state index contributed by atoms with van der Waals surface area (Å²) in [6.45, 7) is 1.67. The predicted molar refractivity (Wildman–Crippen MR) is 108 cm³/mol. The third-order valence-corrected chi connectivity index (χ3v) is 5.35. The van der Waals surface area contributed by atoms with Crippen molar-refractivity contribution in [3.63, 3.8) is 0 Å². The van der Waals surface area contributed by atoms with Crippen molar-refractivity contribution >= 4 is 11.8 Å². The normalized spacial score (nSPS) is 15.8. The van der Waals surface area contributed by atoms with E-state index in [1.807, 2.05) is 65.6 Å². The van der Waals surface area contributed by atoms with Gasteiger partial charge in [-0.15, -0.1) is 0 Å². The third-order valence-electron chi connectivity index (χ3n) is 5.35. The summed E-state index contributed by atoms with van der Waals surface area (Å²) in [5.41, 5.74) is 1.90. The lowest BCUT2D eigenvalue weighted by Gasteiger charge is -2.34. The van der Waals surface area contributed by atoms with Crippen molar-refractivity contribution in [2.24, 2.45) is 5.92 Å². The van der Waals surface area contributed by atoms with E-state index in [-0.39, 0.29) is 17.7 Å². The lowest BCUT2D eigenvalue weighted by Crippen LogP contribution is -2.41. The highest BCUT2D eigenvalue weighted by molar-refractivity contribution is 5.80. The number of benzene rings is 2. The predicted octanol–water partition coefficient (Wildman–Crippen LogP) is 2.71. The van der Waals surface area contributed by atoms with Crippen LogP contribution in [0.2, 0.25) is 0 Å². The first-order valence-corrected chi connectivity index (χ1v) is 9.95. The number of hydrogen-bond acceptors (Lipinski definition) is 3. The first-order chi connectivity index (χ1) is 13.6. The van der Waals surface area contributed by atoms with Crippen LogP contribution in [0.25, 0.3) is 0 Å². The minimum absolute atomic E-state index is 0.0627. The van der Waals surface area contributed by atoms with Crippen molar-refractivity contribution < 1.29 is 14.7 Å². The van der Waals surface area contributed by atoms with E-state index in [1.54, 1.807) is 0 Å². The molecule has 0 radical (unpaired) electrons. The molecular weight excluding hydrogens is 352 g/mol. The van der Waals surface area contributed by atoms with Crippen LogP contribution in [-0.2, 0) is 16.0 Å². The van der Waals surface area contributed by atoms with Crippen LogP contribution in [0.4, 0.5) is 0 Å². The molecule has 1 fully saturated rings. The van der Waals surface area contributed by atoms with Crippen molar-refractivity contribution in [3.05, 3.63) is 71.8 Å². The first kappa shape index (κ1) is 20.1. The SMILES string of the molecule is O=C(Cc1ccccc1)NCCC(=O)N1CCC(C(O)c2ccccc2)CC1. The Morgan fingerprint density at radius 1 is 1.00 bits per heavy atom. The summed E-state index contributed by atoms with van der Waals surface area (Å²) < 4.78 is 0. The fourth-order valence-corrected chi connectivity index (χ4v) is 3.70. The fraction of sp³-hybridized carbons (Fsp3) is 0.391. The summed E-state index contributed by atoms with van der Waals surface area (Å²) >= 11 is 0. The summed E-state index contributed by atoms with van der Waals surface area (Å²) in [6, 6.07) is 19.3. The van der Waals surface area contributed by atoms with Crippen molar-refractivity contribution in [2.75, 3.05) is 19.6 Å². The van der Waals surface area contributed by atoms with E-state index in [0.29, 0.717) is 32.5 Å². The summed E-state index contributed by atoms with van der Waals surface area (Å²) in [6.07, 6.45) is 1.75. The summed E-state index contributed by atoms with van der Waals surface area (Å²) in [5.74, 6) is 0.174. The van der Waals surface area contributed by atoms with Gasteiger partial charge >= 0.3 is 0 Å². The average molecular weight is 380 g/mol. The second kappa shape index (κ2) is 10.0. The molecule has 1 atom stereocenters. The smallest absolute Gasteiger partial charge is 0.224 e. The highest BCUT2D eigenvalue weighted by Gasteiger charge is 2.28. The average Bonchev–Trinajstić information content (AvgIpc) is 2.74. The van der Waals surface area contributed by atoms with E-state index in [4.69, 9.17) is 0 Å². The van der Waals surface area contributed by atoms with Gasteiger partial charge in [-0.3, -0.25) is 9.59 Å². The molecule has 1 aliphatic heterocycles. The summed E-state index contributed by atoms with van der Waals surface area (Å²) in [7, 11) is 0. The molecular formula is C23H28N2O3. The lowest BCUT2D eigenvalue weighted by molar-refractivity contribution is -0.133. The van der Waals surface area contributed by atoms with E-state index in [9.17, 15) is 14.7 Å². The van der Waals surface area contributed by atoms with E-state index in [0.717, 1.165) is 24.0 Å². The monoisotopic (exact) mass is 380 g/mol. The second-order valence-electron chi connectivity index (χ2n) is 7.34. The van der Waals surface area contributed by atoms with Gasteiger partial charge in [0.2, 0.25) is 11.8 Å². The molecule has 0 bridgehead atoms. The minimum Gasteiger partial charge on any atom is -0.388 e. The third kappa shape index (κ3) is 5.67.